The number of hydrogen-bond acceptors (Lipinski definition) is 7. The number of esters is 1. The van der Waals surface area contributed by atoms with Gasteiger partial charge >= 0.3 is 5.97 Å². The largest absolute Gasteiger partial charge is 0.465 e. The first kappa shape index (κ1) is 21.0. The number of benzene rings is 1. The molecule has 0 saturated carbocycles. The molecule has 0 bridgehead atoms. The first-order valence-corrected chi connectivity index (χ1v) is 10.3. The van der Waals surface area contributed by atoms with Crippen LogP contribution in [0.25, 0.3) is 0 Å². The van der Waals surface area contributed by atoms with Gasteiger partial charge in [0.05, 0.1) is 17.6 Å². The van der Waals surface area contributed by atoms with Gasteiger partial charge in [0.2, 0.25) is 0 Å². The molecule has 1 aliphatic rings. The van der Waals surface area contributed by atoms with E-state index in [1.54, 1.807) is 12.1 Å². The Morgan fingerprint density at radius 2 is 1.83 bits per heavy atom. The molecule has 0 radical (unpaired) electrons. The van der Waals surface area contributed by atoms with Crippen molar-refractivity contribution >= 4 is 51.0 Å². The second-order valence-corrected chi connectivity index (χ2v) is 8.27. The summed E-state index contributed by atoms with van der Waals surface area (Å²) in [5.41, 5.74) is 2.46. The fourth-order valence-corrected chi connectivity index (χ4v) is 4.59. The van der Waals surface area contributed by atoms with Crippen molar-refractivity contribution < 1.29 is 14.5 Å². The third-order valence-electron chi connectivity index (χ3n) is 4.99. The second kappa shape index (κ2) is 8.75. The van der Waals surface area contributed by atoms with Gasteiger partial charge in [-0.1, -0.05) is 0 Å². The quantitative estimate of drug-likeness (QED) is 0.338. The smallest absolute Gasteiger partial charge is 0.341 e. The third kappa shape index (κ3) is 4.48. The third-order valence-corrected chi connectivity index (χ3v) is 6.47. The number of nitrogens with one attached hydrogen (secondary N) is 1. The Morgan fingerprint density at radius 3 is 2.38 bits per heavy atom. The van der Waals surface area contributed by atoms with Crippen molar-refractivity contribution in [1.82, 2.24) is 4.90 Å². The lowest BCUT2D eigenvalue weighted by atomic mass is 10.1. The Hall–Kier alpha value is -2.72. The van der Waals surface area contributed by atoms with Crippen LogP contribution in [0.3, 0.4) is 0 Å². The van der Waals surface area contributed by atoms with E-state index in [0.29, 0.717) is 28.8 Å². The summed E-state index contributed by atoms with van der Waals surface area (Å²) in [6.45, 7) is 6.76. The van der Waals surface area contributed by atoms with Crippen molar-refractivity contribution in [3.63, 3.8) is 0 Å². The summed E-state index contributed by atoms with van der Waals surface area (Å²) in [6, 6.07) is 6.57. The molecule has 8 nitrogen and oxygen atoms in total. The first-order chi connectivity index (χ1) is 13.8. The zero-order chi connectivity index (χ0) is 21.1. The van der Waals surface area contributed by atoms with E-state index >= 15 is 0 Å². The molecule has 0 atom stereocenters. The minimum absolute atomic E-state index is 0.0840. The Balaban J connectivity index is 1.63. The number of nitro benzene ring substituents is 1. The number of aryl methyl sites for hydroxylation is 1. The van der Waals surface area contributed by atoms with Crippen molar-refractivity contribution in [2.75, 3.05) is 43.5 Å². The van der Waals surface area contributed by atoms with Gasteiger partial charge in [-0.05, 0) is 43.8 Å². The molecule has 2 aromatic rings. The normalized spacial score (nSPS) is 13.9. The zero-order valence-electron chi connectivity index (χ0n) is 16.4. The molecule has 1 aliphatic heterocycles. The van der Waals surface area contributed by atoms with E-state index in [1.165, 1.54) is 30.6 Å². The SMILES string of the molecule is COC(=O)c1c(NC(=S)N2CCN(c3ccc([N+](=O)[O-])cc3)CC2)sc(C)c1C. The van der Waals surface area contributed by atoms with Crippen LogP contribution >= 0.6 is 23.6 Å². The molecule has 10 heteroatoms. The van der Waals surface area contributed by atoms with Gasteiger partial charge in [0.25, 0.3) is 5.69 Å². The number of ether oxygens (including phenoxy) is 1. The maximum Gasteiger partial charge on any atom is 0.341 e. The highest BCUT2D eigenvalue weighted by molar-refractivity contribution is 7.80. The van der Waals surface area contributed by atoms with Crippen LogP contribution in [-0.2, 0) is 4.74 Å². The summed E-state index contributed by atoms with van der Waals surface area (Å²) in [5, 5.41) is 15.3. The number of nitrogens with zero attached hydrogens (tertiary/aromatic N) is 3. The van der Waals surface area contributed by atoms with Gasteiger partial charge in [0, 0.05) is 48.9 Å². The molecule has 1 aromatic heterocycles. The Labute approximate surface area is 178 Å². The van der Waals surface area contributed by atoms with E-state index in [-0.39, 0.29) is 11.7 Å². The summed E-state index contributed by atoms with van der Waals surface area (Å²) < 4.78 is 4.91. The highest BCUT2D eigenvalue weighted by Gasteiger charge is 2.24. The van der Waals surface area contributed by atoms with E-state index in [9.17, 15) is 14.9 Å². The zero-order valence-corrected chi connectivity index (χ0v) is 18.1. The average molecular weight is 435 g/mol. The maximum absolute atomic E-state index is 12.1. The van der Waals surface area contributed by atoms with Crippen LogP contribution in [0.1, 0.15) is 20.8 Å². The predicted octanol–water partition coefficient (Wildman–Crippen LogP) is 3.58. The number of anilines is 2. The van der Waals surface area contributed by atoms with Gasteiger partial charge in [-0.2, -0.15) is 0 Å². The molecule has 2 heterocycles. The van der Waals surface area contributed by atoms with Crippen LogP contribution in [-0.4, -0.2) is 54.2 Å². The van der Waals surface area contributed by atoms with Gasteiger partial charge in [-0.25, -0.2) is 4.79 Å². The highest BCUT2D eigenvalue weighted by atomic mass is 32.1. The summed E-state index contributed by atoms with van der Waals surface area (Å²) in [6.07, 6.45) is 0. The fraction of sp³-hybridized carbons (Fsp3) is 0.368. The second-order valence-electron chi connectivity index (χ2n) is 6.66. The van der Waals surface area contributed by atoms with Gasteiger partial charge in [0.15, 0.2) is 5.11 Å². The number of piperazine rings is 1. The Kier molecular flexibility index (Phi) is 6.33. The summed E-state index contributed by atoms with van der Waals surface area (Å²) in [5.74, 6) is -0.375. The van der Waals surface area contributed by atoms with E-state index in [1.807, 2.05) is 13.8 Å². The number of carbonyl (C=O) groups is 1. The van der Waals surface area contributed by atoms with Crippen molar-refractivity contribution in [3.8, 4) is 0 Å². The number of thiophene rings is 1. The van der Waals surface area contributed by atoms with Gasteiger partial charge in [-0.15, -0.1) is 11.3 Å². The molecule has 154 valence electrons. The molecular weight excluding hydrogens is 412 g/mol. The lowest BCUT2D eigenvalue weighted by molar-refractivity contribution is -0.384. The summed E-state index contributed by atoms with van der Waals surface area (Å²) >= 11 is 7.05. The van der Waals surface area contributed by atoms with Crippen LogP contribution < -0.4 is 10.2 Å². The van der Waals surface area contributed by atoms with Crippen molar-refractivity contribution in [2.24, 2.45) is 0 Å². The van der Waals surface area contributed by atoms with E-state index in [0.717, 1.165) is 29.2 Å². The van der Waals surface area contributed by atoms with Gasteiger partial charge in [0.1, 0.15) is 5.00 Å². The number of hydrogen-bond donors (Lipinski definition) is 1. The number of carbonyl (C=O) groups excluding carboxylic acids is 1. The molecule has 1 N–H and O–H groups in total. The van der Waals surface area contributed by atoms with E-state index in [2.05, 4.69) is 15.1 Å². The number of thiocarbonyl (C=S) groups is 1. The Morgan fingerprint density at radius 1 is 1.21 bits per heavy atom. The monoisotopic (exact) mass is 434 g/mol. The minimum Gasteiger partial charge on any atom is -0.465 e. The fourth-order valence-electron chi connectivity index (χ4n) is 3.19. The van der Waals surface area contributed by atoms with Gasteiger partial charge < -0.3 is 19.9 Å². The molecule has 1 saturated heterocycles. The van der Waals surface area contributed by atoms with Crippen LogP contribution in [0.5, 0.6) is 0 Å². The van der Waals surface area contributed by atoms with Crippen molar-refractivity contribution in [3.05, 3.63) is 50.4 Å². The van der Waals surface area contributed by atoms with Crippen LogP contribution in [0, 0.1) is 24.0 Å². The predicted molar refractivity (Wildman–Crippen MR) is 118 cm³/mol. The maximum atomic E-state index is 12.1. The average Bonchev–Trinajstić information content (AvgIpc) is 3.00. The Bertz CT molecular complexity index is 934. The number of rotatable bonds is 4. The van der Waals surface area contributed by atoms with Crippen molar-refractivity contribution in [1.29, 1.82) is 0 Å². The summed E-state index contributed by atoms with van der Waals surface area (Å²) in [4.78, 5) is 27.8. The number of non-ortho nitro benzene ring substituents is 1. The van der Waals surface area contributed by atoms with Crippen LogP contribution in [0.4, 0.5) is 16.4 Å². The van der Waals surface area contributed by atoms with E-state index < -0.39 is 4.92 Å². The minimum atomic E-state index is -0.400. The molecule has 1 aromatic carbocycles. The van der Waals surface area contributed by atoms with E-state index in [4.69, 9.17) is 17.0 Å². The molecule has 0 spiro atoms. The van der Waals surface area contributed by atoms with Crippen molar-refractivity contribution in [2.45, 2.75) is 13.8 Å². The molecule has 29 heavy (non-hydrogen) atoms. The lowest BCUT2D eigenvalue weighted by Crippen LogP contribution is -2.50. The first-order valence-electron chi connectivity index (χ1n) is 9.05. The molecule has 1 fully saturated rings. The number of nitro groups is 1. The molecular formula is C19H22N4O4S2. The topological polar surface area (TPSA) is 88.0 Å². The van der Waals surface area contributed by atoms with Gasteiger partial charge in [-0.3, -0.25) is 10.1 Å². The molecule has 0 aliphatic carbocycles. The summed E-state index contributed by atoms with van der Waals surface area (Å²) in [7, 11) is 1.37. The highest BCUT2D eigenvalue weighted by Crippen LogP contribution is 2.33. The molecule has 0 amide bonds. The lowest BCUT2D eigenvalue weighted by Gasteiger charge is -2.37. The standard InChI is InChI=1S/C19H22N4O4S2/c1-12-13(2)29-17(16(12)18(24)27-3)20-19(28)22-10-8-21(9-11-22)14-4-6-15(7-5-14)23(25)26/h4-7H,8-11H2,1-3H3,(H,20,28). The molecule has 0 unspecified atom stereocenters. The number of methoxy groups -OCH3 is 1. The molecule has 3 rings (SSSR count). The van der Waals surface area contributed by atoms with Crippen LogP contribution in [0.2, 0.25) is 0 Å². The van der Waals surface area contributed by atoms with Crippen LogP contribution in [0.15, 0.2) is 24.3 Å².